The Hall–Kier alpha value is -1.94. The molecule has 0 amide bonds. The van der Waals surface area contributed by atoms with Crippen LogP contribution in [0.15, 0.2) is 24.7 Å². The summed E-state index contributed by atoms with van der Waals surface area (Å²) in [4.78, 5) is 9.64. The van der Waals surface area contributed by atoms with Gasteiger partial charge in [-0.15, -0.1) is 12.4 Å². The molecule has 2 heterocycles. The molecule has 0 bridgehead atoms. The van der Waals surface area contributed by atoms with Gasteiger partial charge in [0.25, 0.3) is 0 Å². The first-order valence-corrected chi connectivity index (χ1v) is 5.78. The molecule has 0 aliphatic carbocycles. The molecule has 126 valence electrons. The van der Waals surface area contributed by atoms with Crippen molar-refractivity contribution in [3.8, 4) is 11.1 Å². The maximum absolute atomic E-state index is 12.9. The van der Waals surface area contributed by atoms with E-state index in [0.29, 0.717) is 18.6 Å². The van der Waals surface area contributed by atoms with E-state index < -0.39 is 23.7 Å². The number of nitrogens with two attached hydrogens (primary N) is 1. The van der Waals surface area contributed by atoms with Gasteiger partial charge < -0.3 is 5.73 Å². The van der Waals surface area contributed by atoms with Crippen molar-refractivity contribution in [2.75, 3.05) is 0 Å². The quantitative estimate of drug-likeness (QED) is 0.835. The predicted molar refractivity (Wildman–Crippen MR) is 70.4 cm³/mol. The summed E-state index contributed by atoms with van der Waals surface area (Å²) in [7, 11) is 0. The average Bonchev–Trinajstić information content (AvgIpc) is 2.45. The van der Waals surface area contributed by atoms with E-state index in [-0.39, 0.29) is 35.8 Å². The molecule has 0 aliphatic rings. The first-order valence-electron chi connectivity index (χ1n) is 5.78. The van der Waals surface area contributed by atoms with Crippen LogP contribution >= 0.6 is 12.4 Å². The van der Waals surface area contributed by atoms with E-state index >= 15 is 0 Å². The van der Waals surface area contributed by atoms with Crippen molar-refractivity contribution < 1.29 is 26.3 Å². The minimum absolute atomic E-state index is 0. The molecule has 11 heteroatoms. The van der Waals surface area contributed by atoms with Crippen LogP contribution in [0.2, 0.25) is 0 Å². The van der Waals surface area contributed by atoms with E-state index in [0.717, 1.165) is 6.07 Å². The van der Waals surface area contributed by atoms with Crippen molar-refractivity contribution in [2.24, 2.45) is 5.73 Å². The highest BCUT2D eigenvalue weighted by Gasteiger charge is 2.36. The highest BCUT2D eigenvalue weighted by atomic mass is 35.5. The zero-order valence-corrected chi connectivity index (χ0v) is 11.9. The lowest BCUT2D eigenvalue weighted by molar-refractivity contribution is -0.145. The minimum Gasteiger partial charge on any atom is -0.325 e. The van der Waals surface area contributed by atoms with Gasteiger partial charge in [-0.1, -0.05) is 0 Å². The van der Waals surface area contributed by atoms with Crippen LogP contribution < -0.4 is 5.73 Å². The molecule has 0 radical (unpaired) electrons. The topological polar surface area (TPSA) is 64.7 Å². The van der Waals surface area contributed by atoms with Crippen molar-refractivity contribution in [3.05, 3.63) is 41.7 Å². The maximum Gasteiger partial charge on any atom is 0.451 e. The molecule has 2 aromatic rings. The summed E-state index contributed by atoms with van der Waals surface area (Å²) in [5, 5.41) is 0. The summed E-state index contributed by atoms with van der Waals surface area (Å²) < 4.78 is 76.0. The first-order chi connectivity index (χ1) is 10.1. The Balaban J connectivity index is 0.00000264. The molecule has 0 atom stereocenters. The molecule has 0 spiro atoms. The van der Waals surface area contributed by atoms with Crippen LogP contribution in [0.5, 0.6) is 0 Å². The molecule has 23 heavy (non-hydrogen) atoms. The van der Waals surface area contributed by atoms with E-state index in [1.165, 1.54) is 0 Å². The lowest BCUT2D eigenvalue weighted by Crippen LogP contribution is -2.12. The van der Waals surface area contributed by atoms with Crippen LogP contribution in [0, 0.1) is 0 Å². The van der Waals surface area contributed by atoms with Crippen LogP contribution in [-0.4, -0.2) is 15.0 Å². The van der Waals surface area contributed by atoms with Gasteiger partial charge in [0.05, 0.1) is 11.3 Å². The molecule has 2 rings (SSSR count). The molecule has 2 aromatic heterocycles. The lowest BCUT2D eigenvalue weighted by Gasteiger charge is -2.13. The number of hydrogen-bond donors (Lipinski definition) is 1. The number of halogens is 7. The number of hydrogen-bond acceptors (Lipinski definition) is 4. The van der Waals surface area contributed by atoms with E-state index in [2.05, 4.69) is 15.0 Å². The van der Waals surface area contributed by atoms with Gasteiger partial charge in [-0.05, 0) is 6.07 Å². The van der Waals surface area contributed by atoms with Crippen LogP contribution in [-0.2, 0) is 18.9 Å². The monoisotopic (exact) mass is 358 g/mol. The smallest absolute Gasteiger partial charge is 0.325 e. The minimum atomic E-state index is -4.77. The van der Waals surface area contributed by atoms with Crippen LogP contribution in [0.3, 0.4) is 0 Å². The number of alkyl halides is 6. The van der Waals surface area contributed by atoms with Gasteiger partial charge in [-0.25, -0.2) is 9.97 Å². The molecule has 0 fully saturated rings. The van der Waals surface area contributed by atoms with Crippen molar-refractivity contribution in [3.63, 3.8) is 0 Å². The second-order valence-electron chi connectivity index (χ2n) is 4.22. The van der Waals surface area contributed by atoms with Crippen molar-refractivity contribution in [1.82, 2.24) is 15.0 Å². The zero-order chi connectivity index (χ0) is 16.5. The van der Waals surface area contributed by atoms with Crippen molar-refractivity contribution in [1.29, 1.82) is 0 Å². The summed E-state index contributed by atoms with van der Waals surface area (Å²) >= 11 is 0. The summed E-state index contributed by atoms with van der Waals surface area (Å²) in [6.45, 7) is -0.118. The molecule has 4 nitrogen and oxygen atoms in total. The highest BCUT2D eigenvalue weighted by Crippen LogP contribution is 2.37. The Bertz CT molecular complexity index is 669. The highest BCUT2D eigenvalue weighted by molar-refractivity contribution is 5.85. The maximum atomic E-state index is 12.9. The van der Waals surface area contributed by atoms with Gasteiger partial charge in [0.1, 0.15) is 0 Å². The SMILES string of the molecule is Cl.NCc1cc(-c2cnc(C(F)(F)F)nc2)c(C(F)(F)F)cn1. The third-order valence-corrected chi connectivity index (χ3v) is 2.69. The first kappa shape index (κ1) is 19.1. The van der Waals surface area contributed by atoms with Gasteiger partial charge in [-0.3, -0.25) is 4.98 Å². The fourth-order valence-corrected chi connectivity index (χ4v) is 1.69. The van der Waals surface area contributed by atoms with Crippen molar-refractivity contribution in [2.45, 2.75) is 18.9 Å². The Morgan fingerprint density at radius 1 is 0.870 bits per heavy atom. The summed E-state index contributed by atoms with van der Waals surface area (Å²) in [6, 6.07) is 1.05. The fraction of sp³-hybridized carbons (Fsp3) is 0.250. The molecule has 0 saturated heterocycles. The van der Waals surface area contributed by atoms with Crippen LogP contribution in [0.1, 0.15) is 17.1 Å². The van der Waals surface area contributed by atoms with Gasteiger partial charge in [-0.2, -0.15) is 26.3 Å². The van der Waals surface area contributed by atoms with E-state index in [1.54, 1.807) is 0 Å². The predicted octanol–water partition coefficient (Wildman–Crippen LogP) is 3.46. The molecule has 0 saturated carbocycles. The van der Waals surface area contributed by atoms with Gasteiger partial charge >= 0.3 is 12.4 Å². The Morgan fingerprint density at radius 2 is 1.43 bits per heavy atom. The Labute approximate surface area is 132 Å². The molecule has 0 aliphatic heterocycles. The summed E-state index contributed by atoms with van der Waals surface area (Å²) in [5.41, 5.74) is 3.78. The third-order valence-electron chi connectivity index (χ3n) is 2.69. The van der Waals surface area contributed by atoms with E-state index in [9.17, 15) is 26.3 Å². The second-order valence-corrected chi connectivity index (χ2v) is 4.22. The normalized spacial score (nSPS) is 12.0. The summed E-state index contributed by atoms with van der Waals surface area (Å²) in [6.07, 6.45) is -7.55. The van der Waals surface area contributed by atoms with Crippen molar-refractivity contribution >= 4 is 12.4 Å². The lowest BCUT2D eigenvalue weighted by atomic mass is 10.0. The second kappa shape index (κ2) is 6.67. The average molecular weight is 359 g/mol. The van der Waals surface area contributed by atoms with Gasteiger partial charge in [0, 0.05) is 36.3 Å². The molecular formula is C12H9ClF6N4. The zero-order valence-electron chi connectivity index (χ0n) is 11.1. The van der Waals surface area contributed by atoms with Gasteiger partial charge in [0.2, 0.25) is 5.82 Å². The largest absolute Gasteiger partial charge is 0.451 e. The third kappa shape index (κ3) is 4.29. The van der Waals surface area contributed by atoms with Crippen LogP contribution in [0.25, 0.3) is 11.1 Å². The molecular weight excluding hydrogens is 350 g/mol. The van der Waals surface area contributed by atoms with Gasteiger partial charge in [0.15, 0.2) is 0 Å². The van der Waals surface area contributed by atoms with E-state index in [1.807, 2.05) is 0 Å². The number of rotatable bonds is 2. The standard InChI is InChI=1S/C12H8F6N4.ClH/c13-11(14,15)9-5-20-7(2-19)1-8(9)6-3-21-10(22-4-6)12(16,17)18;/h1,3-5H,2,19H2;1H. The Kier molecular flexibility index (Phi) is 5.54. The Morgan fingerprint density at radius 3 is 1.87 bits per heavy atom. The molecule has 0 aromatic carbocycles. The number of pyridine rings is 1. The molecule has 0 unspecified atom stereocenters. The van der Waals surface area contributed by atoms with E-state index in [4.69, 9.17) is 5.73 Å². The van der Waals surface area contributed by atoms with Crippen LogP contribution in [0.4, 0.5) is 26.3 Å². The summed E-state index contributed by atoms with van der Waals surface area (Å²) in [5.74, 6) is -1.43. The number of nitrogens with zero attached hydrogens (tertiary/aromatic N) is 3. The number of aromatic nitrogens is 3. The molecule has 2 N–H and O–H groups in total. The fourth-order valence-electron chi connectivity index (χ4n) is 1.69.